The van der Waals surface area contributed by atoms with Crippen molar-refractivity contribution in [3.05, 3.63) is 12.4 Å². The molecule has 2 fully saturated rings. The maximum atomic E-state index is 12.8. The molecule has 1 atom stereocenters. The third kappa shape index (κ3) is 6.25. The number of hydrogen-bond donors (Lipinski definition) is 0. The van der Waals surface area contributed by atoms with Crippen molar-refractivity contribution < 1.29 is 27.3 Å². The van der Waals surface area contributed by atoms with Gasteiger partial charge in [-0.3, -0.25) is 0 Å². The molecule has 0 saturated carbocycles. The van der Waals surface area contributed by atoms with Crippen LogP contribution in [0.15, 0.2) is 17.6 Å². The lowest BCUT2D eigenvalue weighted by Gasteiger charge is -2.34. The summed E-state index contributed by atoms with van der Waals surface area (Å²) in [5, 5.41) is -0.206. The fraction of sp³-hybridized carbons (Fsp3) is 0.773. The van der Waals surface area contributed by atoms with Crippen LogP contribution in [-0.2, 0) is 23.9 Å². The molecule has 9 nitrogen and oxygen atoms in total. The highest BCUT2D eigenvalue weighted by Gasteiger charge is 2.52. The normalized spacial score (nSPS) is 22.9. The topological polar surface area (TPSA) is 108 Å². The van der Waals surface area contributed by atoms with Crippen molar-refractivity contribution in [2.24, 2.45) is 5.92 Å². The first-order valence-corrected chi connectivity index (χ1v) is 13.1. The van der Waals surface area contributed by atoms with Crippen LogP contribution in [0.2, 0.25) is 0 Å². The molecule has 3 rings (SSSR count). The van der Waals surface area contributed by atoms with E-state index in [4.69, 9.17) is 14.0 Å². The molecule has 2 aliphatic rings. The van der Waals surface area contributed by atoms with E-state index in [2.05, 4.69) is 9.97 Å². The van der Waals surface area contributed by atoms with Crippen LogP contribution in [-0.4, -0.2) is 72.1 Å². The second-order valence-electron chi connectivity index (χ2n) is 10.9. The van der Waals surface area contributed by atoms with Crippen LogP contribution in [0.4, 0.5) is 4.79 Å². The lowest BCUT2D eigenvalue weighted by molar-refractivity contribution is 0.00578. The first-order valence-electron chi connectivity index (χ1n) is 11.5. The Morgan fingerprint density at radius 2 is 1.76 bits per heavy atom. The number of aromatic nitrogens is 2. The second kappa shape index (κ2) is 9.15. The summed E-state index contributed by atoms with van der Waals surface area (Å²) >= 11 is 0. The van der Waals surface area contributed by atoms with Crippen molar-refractivity contribution in [2.75, 3.05) is 18.8 Å². The molecule has 2 aliphatic heterocycles. The summed E-state index contributed by atoms with van der Waals surface area (Å²) in [6.07, 6.45) is 4.68. The van der Waals surface area contributed by atoms with E-state index in [0.717, 1.165) is 12.8 Å². The zero-order chi connectivity index (χ0) is 24.7. The maximum Gasteiger partial charge on any atom is 0.498 e. The molecule has 184 valence electrons. The van der Waals surface area contributed by atoms with E-state index in [1.54, 1.807) is 4.90 Å². The van der Waals surface area contributed by atoms with E-state index in [9.17, 15) is 13.2 Å². The van der Waals surface area contributed by atoms with Gasteiger partial charge in [0.15, 0.2) is 0 Å². The van der Waals surface area contributed by atoms with Crippen molar-refractivity contribution in [3.8, 4) is 0 Å². The molecule has 1 aromatic heterocycles. The van der Waals surface area contributed by atoms with Gasteiger partial charge in [0, 0.05) is 30.9 Å². The molecule has 0 spiro atoms. The van der Waals surface area contributed by atoms with Gasteiger partial charge in [-0.2, -0.15) is 0 Å². The van der Waals surface area contributed by atoms with E-state index in [-0.39, 0.29) is 22.9 Å². The zero-order valence-corrected chi connectivity index (χ0v) is 21.6. The predicted molar refractivity (Wildman–Crippen MR) is 125 cm³/mol. The minimum Gasteiger partial charge on any atom is -0.444 e. The Labute approximate surface area is 197 Å². The van der Waals surface area contributed by atoms with E-state index in [1.807, 2.05) is 48.5 Å². The van der Waals surface area contributed by atoms with Crippen molar-refractivity contribution in [1.82, 2.24) is 14.9 Å². The summed E-state index contributed by atoms with van der Waals surface area (Å²) in [5.74, 6) is 0.0143. The fourth-order valence-corrected chi connectivity index (χ4v) is 5.05. The average Bonchev–Trinajstić information content (AvgIpc) is 2.93. The van der Waals surface area contributed by atoms with Gasteiger partial charge in [0.1, 0.15) is 5.60 Å². The number of ether oxygens (including phenoxy) is 1. The van der Waals surface area contributed by atoms with Gasteiger partial charge in [0.05, 0.1) is 17.0 Å². The van der Waals surface area contributed by atoms with E-state index < -0.39 is 33.8 Å². The van der Waals surface area contributed by atoms with Gasteiger partial charge in [0.2, 0.25) is 15.0 Å². The molecule has 0 bridgehead atoms. The summed E-state index contributed by atoms with van der Waals surface area (Å²) < 4.78 is 43.0. The summed E-state index contributed by atoms with van der Waals surface area (Å²) in [5.41, 5.74) is -0.991. The monoisotopic (exact) mass is 481 g/mol. The van der Waals surface area contributed by atoms with Gasteiger partial charge in [0.25, 0.3) is 0 Å². The molecular weight excluding hydrogens is 445 g/mol. The van der Waals surface area contributed by atoms with Gasteiger partial charge >= 0.3 is 13.2 Å². The number of likely N-dealkylation sites (tertiary alicyclic amines) is 1. The summed E-state index contributed by atoms with van der Waals surface area (Å²) in [6, 6.07) is 0. The lowest BCUT2D eigenvalue weighted by Crippen LogP contribution is -2.43. The van der Waals surface area contributed by atoms with Crippen molar-refractivity contribution >= 4 is 28.5 Å². The molecule has 1 aromatic rings. The van der Waals surface area contributed by atoms with Gasteiger partial charge in [-0.05, 0) is 73.6 Å². The second-order valence-corrected chi connectivity index (χ2v) is 12.9. The third-order valence-electron chi connectivity index (χ3n) is 6.42. The Morgan fingerprint density at radius 1 is 1.18 bits per heavy atom. The number of sulfone groups is 1. The van der Waals surface area contributed by atoms with Gasteiger partial charge in [-0.1, -0.05) is 0 Å². The molecule has 0 radical (unpaired) electrons. The molecule has 11 heteroatoms. The van der Waals surface area contributed by atoms with Crippen LogP contribution < -0.4 is 5.46 Å². The molecule has 1 amide bonds. The molecule has 0 N–H and O–H groups in total. The van der Waals surface area contributed by atoms with Gasteiger partial charge in [-0.15, -0.1) is 0 Å². The van der Waals surface area contributed by atoms with E-state index in [0.29, 0.717) is 25.0 Å². The highest BCUT2D eigenvalue weighted by atomic mass is 32.2. The van der Waals surface area contributed by atoms with Crippen LogP contribution >= 0.6 is 0 Å². The van der Waals surface area contributed by atoms with E-state index in [1.165, 1.54) is 12.4 Å². The quantitative estimate of drug-likeness (QED) is 0.467. The molecule has 33 heavy (non-hydrogen) atoms. The lowest BCUT2D eigenvalue weighted by atomic mass is 9.81. The molecule has 2 saturated heterocycles. The molecule has 0 aliphatic carbocycles. The Hall–Kier alpha value is -1.72. The average molecular weight is 481 g/mol. The first kappa shape index (κ1) is 25.9. The molecule has 3 heterocycles. The van der Waals surface area contributed by atoms with Gasteiger partial charge < -0.3 is 18.9 Å². The van der Waals surface area contributed by atoms with Crippen molar-refractivity contribution in [2.45, 2.75) is 89.7 Å². The summed E-state index contributed by atoms with van der Waals surface area (Å²) in [6.45, 7) is 14.4. The first-order chi connectivity index (χ1) is 15.1. The Bertz CT molecular complexity index is 943. The number of amides is 1. The largest absolute Gasteiger partial charge is 0.498 e. The fourth-order valence-electron chi connectivity index (χ4n) is 3.79. The van der Waals surface area contributed by atoms with Crippen LogP contribution in [0.5, 0.6) is 0 Å². The molecular formula is C22H36BN3O6S. The summed E-state index contributed by atoms with van der Waals surface area (Å²) in [4.78, 5) is 22.2. The number of carbonyl (C=O) groups excluding carboxylic acids is 1. The number of carbonyl (C=O) groups is 1. The SMILES string of the molecule is CC(C)(C)OC(=O)N1CCCC(CCS(=O)(=O)c2ncc(B3OC(C)(C)C(C)(C)O3)cn2)C1. The number of piperidine rings is 1. The Balaban J connectivity index is 1.58. The number of nitrogens with zero attached hydrogens (tertiary/aromatic N) is 3. The Morgan fingerprint density at radius 3 is 2.30 bits per heavy atom. The Kier molecular flexibility index (Phi) is 7.18. The zero-order valence-electron chi connectivity index (χ0n) is 20.8. The minimum atomic E-state index is -3.65. The summed E-state index contributed by atoms with van der Waals surface area (Å²) in [7, 11) is -4.30. The standard InChI is InChI=1S/C22H36BN3O6S/c1-20(2,3)30-19(27)26-11-8-9-16(15-26)10-12-33(28,29)18-24-13-17(14-25-18)23-31-21(4,5)22(6,7)32-23/h13-14,16H,8-12,15H2,1-7H3. The van der Waals surface area contributed by atoms with Crippen LogP contribution in [0.1, 0.15) is 67.7 Å². The van der Waals surface area contributed by atoms with Crippen LogP contribution in [0.3, 0.4) is 0 Å². The smallest absolute Gasteiger partial charge is 0.444 e. The number of hydrogen-bond acceptors (Lipinski definition) is 8. The third-order valence-corrected chi connectivity index (χ3v) is 7.96. The van der Waals surface area contributed by atoms with E-state index >= 15 is 0 Å². The van der Waals surface area contributed by atoms with Crippen molar-refractivity contribution in [3.63, 3.8) is 0 Å². The molecule has 0 aromatic carbocycles. The van der Waals surface area contributed by atoms with Crippen LogP contribution in [0, 0.1) is 5.92 Å². The highest BCUT2D eigenvalue weighted by molar-refractivity contribution is 7.91. The molecule has 1 unspecified atom stereocenters. The minimum absolute atomic E-state index is 0.0737. The maximum absolute atomic E-state index is 12.8. The predicted octanol–water partition coefficient (Wildman–Crippen LogP) is 2.59. The van der Waals surface area contributed by atoms with Crippen LogP contribution in [0.25, 0.3) is 0 Å². The van der Waals surface area contributed by atoms with Gasteiger partial charge in [-0.25, -0.2) is 23.2 Å². The highest BCUT2D eigenvalue weighted by Crippen LogP contribution is 2.36. The van der Waals surface area contributed by atoms with Crippen molar-refractivity contribution in [1.29, 1.82) is 0 Å². The number of rotatable bonds is 5.